The van der Waals surface area contributed by atoms with Gasteiger partial charge in [0.1, 0.15) is 11.5 Å². The van der Waals surface area contributed by atoms with Crippen molar-refractivity contribution in [3.8, 4) is 5.75 Å². The van der Waals surface area contributed by atoms with Crippen LogP contribution >= 0.6 is 0 Å². The Morgan fingerprint density at radius 2 is 2.11 bits per heavy atom. The summed E-state index contributed by atoms with van der Waals surface area (Å²) in [4.78, 5) is 12.0. The number of carbonyl (C=O) groups is 1. The molecule has 18 heavy (non-hydrogen) atoms. The van der Waals surface area contributed by atoms with Crippen molar-refractivity contribution >= 4 is 5.78 Å². The number of hydrogen-bond donors (Lipinski definition) is 1. The zero-order valence-electron chi connectivity index (χ0n) is 10.9. The highest BCUT2D eigenvalue weighted by Gasteiger charge is 2.19. The molecule has 1 heterocycles. The summed E-state index contributed by atoms with van der Waals surface area (Å²) >= 11 is 0. The average molecular weight is 247 g/mol. The molecule has 1 N–H and O–H groups in total. The first-order valence-corrected chi connectivity index (χ1v) is 6.68. The number of ether oxygens (including phenoxy) is 1. The quantitative estimate of drug-likeness (QED) is 0.868. The molecule has 98 valence electrons. The van der Waals surface area contributed by atoms with Crippen LogP contribution < -0.4 is 10.1 Å². The van der Waals surface area contributed by atoms with Crippen LogP contribution in [-0.2, 0) is 11.2 Å². The minimum absolute atomic E-state index is 0.0944. The summed E-state index contributed by atoms with van der Waals surface area (Å²) in [5, 5.41) is 3.30. The second kappa shape index (κ2) is 6.55. The molecule has 1 atom stereocenters. The maximum Gasteiger partial charge on any atom is 0.150 e. The van der Waals surface area contributed by atoms with E-state index in [0.717, 1.165) is 25.1 Å². The highest BCUT2D eigenvalue weighted by atomic mass is 16.5. The first-order valence-electron chi connectivity index (χ1n) is 6.68. The van der Waals surface area contributed by atoms with Gasteiger partial charge in [0.2, 0.25) is 0 Å². The maximum atomic E-state index is 12.0. The lowest BCUT2D eigenvalue weighted by molar-refractivity contribution is -0.121. The molecule has 3 nitrogen and oxygen atoms in total. The molecular weight excluding hydrogens is 226 g/mol. The Balaban J connectivity index is 1.80. The molecule has 1 fully saturated rings. The van der Waals surface area contributed by atoms with Gasteiger partial charge in [0.05, 0.1) is 13.2 Å². The van der Waals surface area contributed by atoms with Crippen molar-refractivity contribution in [2.75, 3.05) is 13.7 Å². The van der Waals surface area contributed by atoms with Gasteiger partial charge in [-0.1, -0.05) is 18.6 Å². The molecule has 1 aromatic carbocycles. The van der Waals surface area contributed by atoms with Crippen LogP contribution in [0.3, 0.4) is 0 Å². The molecule has 0 amide bonds. The van der Waals surface area contributed by atoms with E-state index in [4.69, 9.17) is 4.74 Å². The van der Waals surface area contributed by atoms with Crippen LogP contribution in [0.15, 0.2) is 24.3 Å². The smallest absolute Gasteiger partial charge is 0.150 e. The summed E-state index contributed by atoms with van der Waals surface area (Å²) in [5.41, 5.74) is 1.19. The van der Waals surface area contributed by atoms with Crippen LogP contribution in [0.1, 0.15) is 31.2 Å². The largest absolute Gasteiger partial charge is 0.497 e. The summed E-state index contributed by atoms with van der Waals surface area (Å²) in [6.07, 6.45) is 4.82. The van der Waals surface area contributed by atoms with Gasteiger partial charge in [0.15, 0.2) is 0 Å². The third-order valence-corrected chi connectivity index (χ3v) is 3.52. The SMILES string of the molecule is COc1ccc(CCC(=O)C2CCCCN2)cc1. The van der Waals surface area contributed by atoms with Crippen molar-refractivity contribution in [2.24, 2.45) is 0 Å². The molecule has 0 spiro atoms. The zero-order valence-corrected chi connectivity index (χ0v) is 10.9. The number of nitrogens with one attached hydrogen (secondary N) is 1. The van der Waals surface area contributed by atoms with Crippen molar-refractivity contribution in [1.29, 1.82) is 0 Å². The van der Waals surface area contributed by atoms with E-state index in [-0.39, 0.29) is 6.04 Å². The third-order valence-electron chi connectivity index (χ3n) is 3.52. The number of ketones is 1. The predicted octanol–water partition coefficient (Wildman–Crippen LogP) is 2.34. The Morgan fingerprint density at radius 1 is 1.33 bits per heavy atom. The van der Waals surface area contributed by atoms with Gasteiger partial charge in [-0.2, -0.15) is 0 Å². The van der Waals surface area contributed by atoms with Crippen LogP contribution in [-0.4, -0.2) is 25.5 Å². The van der Waals surface area contributed by atoms with Crippen LogP contribution in [0.5, 0.6) is 5.75 Å². The first kappa shape index (κ1) is 13.1. The van der Waals surface area contributed by atoms with E-state index in [1.807, 2.05) is 24.3 Å². The van der Waals surface area contributed by atoms with Gasteiger partial charge in [-0.15, -0.1) is 0 Å². The van der Waals surface area contributed by atoms with E-state index in [2.05, 4.69) is 5.32 Å². The second-order valence-corrected chi connectivity index (χ2v) is 4.82. The number of piperidine rings is 1. The normalized spacial score (nSPS) is 19.5. The average Bonchev–Trinajstić information content (AvgIpc) is 2.46. The zero-order chi connectivity index (χ0) is 12.8. The molecule has 1 unspecified atom stereocenters. The molecule has 0 radical (unpaired) electrons. The fourth-order valence-electron chi connectivity index (χ4n) is 2.36. The highest BCUT2D eigenvalue weighted by Crippen LogP contribution is 2.14. The molecule has 0 saturated carbocycles. The molecule has 3 heteroatoms. The molecule has 0 bridgehead atoms. The van der Waals surface area contributed by atoms with Gasteiger partial charge in [-0.25, -0.2) is 0 Å². The fourth-order valence-corrected chi connectivity index (χ4v) is 2.36. The van der Waals surface area contributed by atoms with Crippen molar-refractivity contribution in [2.45, 2.75) is 38.1 Å². The molecule has 1 aromatic rings. The number of benzene rings is 1. The van der Waals surface area contributed by atoms with Crippen molar-refractivity contribution in [1.82, 2.24) is 5.32 Å². The third kappa shape index (κ3) is 3.57. The Kier molecular flexibility index (Phi) is 4.76. The van der Waals surface area contributed by atoms with Crippen molar-refractivity contribution < 1.29 is 9.53 Å². The topological polar surface area (TPSA) is 38.3 Å². The van der Waals surface area contributed by atoms with Crippen LogP contribution in [0.2, 0.25) is 0 Å². The molecule has 2 rings (SSSR count). The van der Waals surface area contributed by atoms with Crippen molar-refractivity contribution in [3.63, 3.8) is 0 Å². The number of rotatable bonds is 5. The van der Waals surface area contributed by atoms with E-state index in [9.17, 15) is 4.79 Å². The Hall–Kier alpha value is -1.35. The molecule has 0 aliphatic carbocycles. The second-order valence-electron chi connectivity index (χ2n) is 4.82. The van der Waals surface area contributed by atoms with Gasteiger partial charge < -0.3 is 10.1 Å². The maximum absolute atomic E-state index is 12.0. The van der Waals surface area contributed by atoms with Gasteiger partial charge in [0.25, 0.3) is 0 Å². The molecule has 0 aromatic heterocycles. The number of carbonyl (C=O) groups excluding carboxylic acids is 1. The summed E-state index contributed by atoms with van der Waals surface area (Å²) in [5.74, 6) is 1.21. The number of methoxy groups -OCH3 is 1. The van der Waals surface area contributed by atoms with Gasteiger partial charge in [-0.05, 0) is 43.5 Å². The summed E-state index contributed by atoms with van der Waals surface area (Å²) in [6, 6.07) is 8.04. The van der Waals surface area contributed by atoms with Crippen molar-refractivity contribution in [3.05, 3.63) is 29.8 Å². The Morgan fingerprint density at radius 3 is 2.72 bits per heavy atom. The fraction of sp³-hybridized carbons (Fsp3) is 0.533. The first-order chi connectivity index (χ1) is 8.79. The van der Waals surface area contributed by atoms with Crippen LogP contribution in [0.4, 0.5) is 0 Å². The Labute approximate surface area is 109 Å². The van der Waals surface area contributed by atoms with Gasteiger partial charge in [-0.3, -0.25) is 4.79 Å². The lowest BCUT2D eigenvalue weighted by atomic mass is 9.97. The summed E-state index contributed by atoms with van der Waals surface area (Å²) < 4.78 is 5.11. The van der Waals surface area contributed by atoms with E-state index in [0.29, 0.717) is 12.2 Å². The van der Waals surface area contributed by atoms with Crippen LogP contribution in [0, 0.1) is 0 Å². The number of hydrogen-bond acceptors (Lipinski definition) is 3. The molecule has 1 aliphatic heterocycles. The standard InChI is InChI=1S/C15H21NO2/c1-18-13-8-5-12(6-9-13)7-10-15(17)14-4-2-3-11-16-14/h5-6,8-9,14,16H,2-4,7,10-11H2,1H3. The predicted molar refractivity (Wildman–Crippen MR) is 72.0 cm³/mol. The molecule has 1 aliphatic rings. The summed E-state index contributed by atoms with van der Waals surface area (Å²) in [6.45, 7) is 0.985. The van der Waals surface area contributed by atoms with E-state index < -0.39 is 0 Å². The summed E-state index contributed by atoms with van der Waals surface area (Å²) in [7, 11) is 1.66. The van der Waals surface area contributed by atoms with E-state index >= 15 is 0 Å². The number of aryl methyl sites for hydroxylation is 1. The molecule has 1 saturated heterocycles. The lowest BCUT2D eigenvalue weighted by Crippen LogP contribution is -2.40. The van der Waals surface area contributed by atoms with E-state index in [1.54, 1.807) is 7.11 Å². The van der Waals surface area contributed by atoms with Crippen LogP contribution in [0.25, 0.3) is 0 Å². The number of Topliss-reactive ketones (excluding diaryl/α,β-unsaturated/α-hetero) is 1. The van der Waals surface area contributed by atoms with Gasteiger partial charge >= 0.3 is 0 Å². The molecular formula is C15H21NO2. The Bertz CT molecular complexity index is 380. The minimum atomic E-state index is 0.0944. The monoisotopic (exact) mass is 247 g/mol. The van der Waals surface area contributed by atoms with Gasteiger partial charge in [0, 0.05) is 6.42 Å². The van der Waals surface area contributed by atoms with E-state index in [1.165, 1.54) is 18.4 Å². The minimum Gasteiger partial charge on any atom is -0.497 e. The lowest BCUT2D eigenvalue weighted by Gasteiger charge is -2.22. The highest BCUT2D eigenvalue weighted by molar-refractivity contribution is 5.84.